The van der Waals surface area contributed by atoms with E-state index in [9.17, 15) is 9.59 Å². The van der Waals surface area contributed by atoms with E-state index in [1.54, 1.807) is 16.7 Å². The summed E-state index contributed by atoms with van der Waals surface area (Å²) in [5.74, 6) is -1.01. The first-order valence-electron chi connectivity index (χ1n) is 7.01. The van der Waals surface area contributed by atoms with Gasteiger partial charge in [-0.25, -0.2) is 14.6 Å². The molecule has 1 aromatic rings. The molecule has 7 heteroatoms. The molecule has 2 amide bonds. The average Bonchev–Trinajstić information content (AvgIpc) is 3.00. The van der Waals surface area contributed by atoms with E-state index in [0.717, 1.165) is 23.3 Å². The summed E-state index contributed by atoms with van der Waals surface area (Å²) >= 11 is 1.04. The summed E-state index contributed by atoms with van der Waals surface area (Å²) in [6.45, 7) is 9.25. The monoisotopic (exact) mass is 321 g/mol. The molecule has 118 valence electrons. The normalized spacial score (nSPS) is 15.1. The lowest BCUT2D eigenvalue weighted by atomic mass is 10.2. The maximum atomic E-state index is 12.4. The highest BCUT2D eigenvalue weighted by molar-refractivity contribution is 7.17. The number of aromatic nitrogens is 1. The van der Waals surface area contributed by atoms with Gasteiger partial charge in [-0.1, -0.05) is 35.6 Å². The largest absolute Gasteiger partial charge is 0.477 e. The second-order valence-electron chi connectivity index (χ2n) is 5.05. The van der Waals surface area contributed by atoms with Crippen LogP contribution in [0.1, 0.15) is 28.7 Å². The number of urea groups is 1. The van der Waals surface area contributed by atoms with Crippen molar-refractivity contribution in [2.24, 2.45) is 0 Å². The van der Waals surface area contributed by atoms with E-state index in [4.69, 9.17) is 5.11 Å². The molecule has 0 spiro atoms. The Balaban J connectivity index is 2.03. The molecule has 1 N–H and O–H groups in total. The molecule has 0 aromatic carbocycles. The lowest BCUT2D eigenvalue weighted by Gasteiger charge is -2.16. The van der Waals surface area contributed by atoms with Crippen LogP contribution in [0.15, 0.2) is 24.3 Å². The molecule has 0 saturated carbocycles. The summed E-state index contributed by atoms with van der Waals surface area (Å²) in [5, 5.41) is 9.53. The molecule has 22 heavy (non-hydrogen) atoms. The number of carbonyl (C=O) groups excluding carboxylic acids is 1. The molecule has 1 aliphatic heterocycles. The molecular formula is C15H19N3O3S. The highest BCUT2D eigenvalue weighted by Gasteiger charge is 2.32. The number of thiazole rings is 1. The molecule has 1 fully saturated rings. The molecule has 0 bridgehead atoms. The Morgan fingerprint density at radius 3 is 2.82 bits per heavy atom. The van der Waals surface area contributed by atoms with Crippen molar-refractivity contribution in [2.75, 3.05) is 24.5 Å². The first-order valence-corrected chi connectivity index (χ1v) is 7.83. The number of carbonyl (C=O) groups is 2. The number of hydrogen-bond acceptors (Lipinski definition) is 4. The van der Waals surface area contributed by atoms with Crippen LogP contribution in [-0.2, 0) is 0 Å². The Bertz CT molecular complexity index is 636. The van der Waals surface area contributed by atoms with E-state index in [-0.39, 0.29) is 10.9 Å². The molecule has 0 radical (unpaired) electrons. The van der Waals surface area contributed by atoms with Crippen molar-refractivity contribution >= 4 is 28.5 Å². The molecule has 0 atom stereocenters. The van der Waals surface area contributed by atoms with Gasteiger partial charge in [-0.2, -0.15) is 0 Å². The van der Waals surface area contributed by atoms with Crippen LogP contribution in [0.5, 0.6) is 0 Å². The van der Waals surface area contributed by atoms with Crippen molar-refractivity contribution in [2.45, 2.75) is 20.3 Å². The van der Waals surface area contributed by atoms with Crippen LogP contribution >= 0.6 is 11.3 Å². The van der Waals surface area contributed by atoms with E-state index in [1.165, 1.54) is 0 Å². The predicted octanol–water partition coefficient (Wildman–Crippen LogP) is 2.91. The van der Waals surface area contributed by atoms with Gasteiger partial charge in [0.05, 0.1) is 5.69 Å². The second kappa shape index (κ2) is 6.74. The molecule has 0 aliphatic carbocycles. The first kappa shape index (κ1) is 16.2. The Labute approximate surface area is 133 Å². The third-order valence-corrected chi connectivity index (χ3v) is 4.58. The van der Waals surface area contributed by atoms with E-state index in [0.29, 0.717) is 30.5 Å². The summed E-state index contributed by atoms with van der Waals surface area (Å²) < 4.78 is 0. The van der Waals surface area contributed by atoms with E-state index >= 15 is 0 Å². The topological polar surface area (TPSA) is 73.7 Å². The molecule has 1 aromatic heterocycles. The lowest BCUT2D eigenvalue weighted by Crippen LogP contribution is -2.32. The number of amides is 2. The molecule has 2 rings (SSSR count). The van der Waals surface area contributed by atoms with Gasteiger partial charge < -0.3 is 10.0 Å². The van der Waals surface area contributed by atoms with E-state index in [1.807, 2.05) is 19.1 Å². The summed E-state index contributed by atoms with van der Waals surface area (Å²) in [7, 11) is 0. The first-order chi connectivity index (χ1) is 10.4. The maximum absolute atomic E-state index is 12.4. The van der Waals surface area contributed by atoms with Gasteiger partial charge in [-0.3, -0.25) is 4.90 Å². The molecule has 1 aliphatic rings. The number of allylic oxidation sites excluding steroid dienone is 2. The SMILES string of the molecule is C=C(/C=C\C)CCN1CCN(c2nc(C)c(C(=O)O)s2)C1=O. The number of hydrogen-bond donors (Lipinski definition) is 1. The fraction of sp³-hybridized carbons (Fsp3) is 0.400. The van der Waals surface area contributed by atoms with Gasteiger partial charge in [-0.05, 0) is 20.3 Å². The lowest BCUT2D eigenvalue weighted by molar-refractivity contribution is 0.0701. The van der Waals surface area contributed by atoms with Gasteiger partial charge in [-0.15, -0.1) is 0 Å². The minimum Gasteiger partial charge on any atom is -0.477 e. The summed E-state index contributed by atoms with van der Waals surface area (Å²) in [6, 6.07) is -0.126. The number of aromatic carboxylic acids is 1. The molecule has 6 nitrogen and oxygen atoms in total. The van der Waals surface area contributed by atoms with Crippen LogP contribution in [-0.4, -0.2) is 46.6 Å². The highest BCUT2D eigenvalue weighted by atomic mass is 32.1. The summed E-state index contributed by atoms with van der Waals surface area (Å²) in [4.78, 5) is 31.1. The zero-order valence-electron chi connectivity index (χ0n) is 12.7. The maximum Gasteiger partial charge on any atom is 0.347 e. The quantitative estimate of drug-likeness (QED) is 0.818. The van der Waals surface area contributed by atoms with Crippen molar-refractivity contribution in [1.82, 2.24) is 9.88 Å². The van der Waals surface area contributed by atoms with Crippen molar-refractivity contribution in [3.63, 3.8) is 0 Å². The number of aryl methyl sites for hydroxylation is 1. The van der Waals surface area contributed by atoms with Crippen LogP contribution in [0.2, 0.25) is 0 Å². The summed E-state index contributed by atoms with van der Waals surface area (Å²) in [5.41, 5.74) is 1.42. The predicted molar refractivity (Wildman–Crippen MR) is 86.7 cm³/mol. The van der Waals surface area contributed by atoms with Crippen molar-refractivity contribution in [1.29, 1.82) is 0 Å². The number of anilines is 1. The molecule has 0 unspecified atom stereocenters. The van der Waals surface area contributed by atoms with Crippen LogP contribution < -0.4 is 4.90 Å². The minimum absolute atomic E-state index is 0.126. The van der Waals surface area contributed by atoms with E-state index < -0.39 is 5.97 Å². The standard InChI is InChI=1S/C15H19N3O3S/c1-4-5-10(2)6-7-17-8-9-18(15(17)21)14-16-11(3)12(22-14)13(19)20/h4-5H,2,6-9H2,1,3H3,(H,19,20)/b5-4-. The zero-order valence-corrected chi connectivity index (χ0v) is 13.5. The second-order valence-corrected chi connectivity index (χ2v) is 6.02. The van der Waals surface area contributed by atoms with Gasteiger partial charge in [0.1, 0.15) is 4.88 Å². The van der Waals surface area contributed by atoms with Gasteiger partial charge >= 0.3 is 12.0 Å². The van der Waals surface area contributed by atoms with Gasteiger partial charge in [0.25, 0.3) is 0 Å². The third kappa shape index (κ3) is 3.36. The number of carboxylic acid groups (broad SMARTS) is 1. The zero-order chi connectivity index (χ0) is 16.3. The molecule has 1 saturated heterocycles. The Morgan fingerprint density at radius 1 is 1.50 bits per heavy atom. The van der Waals surface area contributed by atoms with Gasteiger partial charge in [0, 0.05) is 19.6 Å². The van der Waals surface area contributed by atoms with Crippen LogP contribution in [0.4, 0.5) is 9.93 Å². The van der Waals surface area contributed by atoms with Crippen molar-refractivity contribution in [3.05, 3.63) is 34.9 Å². The van der Waals surface area contributed by atoms with Gasteiger partial charge in [0.2, 0.25) is 0 Å². The average molecular weight is 321 g/mol. The van der Waals surface area contributed by atoms with E-state index in [2.05, 4.69) is 11.6 Å². The molecule has 2 heterocycles. The fourth-order valence-electron chi connectivity index (χ4n) is 2.26. The number of nitrogens with zero attached hydrogens (tertiary/aromatic N) is 3. The van der Waals surface area contributed by atoms with Crippen LogP contribution in [0.3, 0.4) is 0 Å². The Hall–Kier alpha value is -2.15. The van der Waals surface area contributed by atoms with Crippen LogP contribution in [0.25, 0.3) is 0 Å². The Morgan fingerprint density at radius 2 is 2.23 bits per heavy atom. The minimum atomic E-state index is -1.01. The third-order valence-electron chi connectivity index (χ3n) is 3.41. The Kier molecular flexibility index (Phi) is 4.97. The van der Waals surface area contributed by atoms with Crippen molar-refractivity contribution in [3.8, 4) is 0 Å². The fourth-order valence-corrected chi connectivity index (χ4v) is 3.19. The number of rotatable bonds is 6. The number of carboxylic acids is 1. The highest BCUT2D eigenvalue weighted by Crippen LogP contribution is 2.28. The smallest absolute Gasteiger partial charge is 0.347 e. The van der Waals surface area contributed by atoms with Crippen molar-refractivity contribution < 1.29 is 14.7 Å². The van der Waals surface area contributed by atoms with Crippen LogP contribution in [0, 0.1) is 6.92 Å². The summed E-state index contributed by atoms with van der Waals surface area (Å²) in [6.07, 6.45) is 4.58. The molecular weight excluding hydrogens is 302 g/mol. The van der Waals surface area contributed by atoms with Gasteiger partial charge in [0.15, 0.2) is 5.13 Å².